The second kappa shape index (κ2) is 10.8. The Morgan fingerprint density at radius 3 is 2.47 bits per heavy atom. The summed E-state index contributed by atoms with van der Waals surface area (Å²) in [5.41, 5.74) is 5.39. The van der Waals surface area contributed by atoms with Crippen molar-refractivity contribution in [2.75, 3.05) is 20.7 Å². The van der Waals surface area contributed by atoms with Gasteiger partial charge in [0.2, 0.25) is 5.91 Å². The molecule has 2 aromatic rings. The van der Waals surface area contributed by atoms with E-state index in [4.69, 9.17) is 4.74 Å². The molecule has 2 aromatic carbocycles. The quantitative estimate of drug-likeness (QED) is 0.376. The third kappa shape index (κ3) is 5.43. The number of rotatable bonds is 10. The largest absolute Gasteiger partial charge is 0.497 e. The van der Waals surface area contributed by atoms with Crippen molar-refractivity contribution < 1.29 is 9.53 Å². The summed E-state index contributed by atoms with van der Waals surface area (Å²) in [6, 6.07) is 15.2. The van der Waals surface area contributed by atoms with Crippen molar-refractivity contribution >= 4 is 5.91 Å². The zero-order valence-corrected chi connectivity index (χ0v) is 20.4. The van der Waals surface area contributed by atoms with Gasteiger partial charge in [0, 0.05) is 20.0 Å². The molecule has 0 aromatic heterocycles. The summed E-state index contributed by atoms with van der Waals surface area (Å²) in [5, 5.41) is 0. The number of carbonyl (C=O) groups is 1. The summed E-state index contributed by atoms with van der Waals surface area (Å²) in [4.78, 5) is 14.5. The van der Waals surface area contributed by atoms with Crippen LogP contribution in [0.2, 0.25) is 0 Å². The van der Waals surface area contributed by atoms with Crippen LogP contribution in [-0.4, -0.2) is 31.5 Å². The van der Waals surface area contributed by atoms with Crippen LogP contribution in [-0.2, 0) is 4.79 Å². The molecule has 0 fully saturated rings. The molecule has 3 nitrogen and oxygen atoms in total. The van der Waals surface area contributed by atoms with Crippen molar-refractivity contribution in [2.45, 2.75) is 58.3 Å². The fraction of sp³-hybridized carbons (Fsp3) is 0.483. The fourth-order valence-corrected chi connectivity index (χ4v) is 5.02. The van der Waals surface area contributed by atoms with Gasteiger partial charge in [-0.05, 0) is 77.3 Å². The van der Waals surface area contributed by atoms with Crippen LogP contribution in [0.5, 0.6) is 5.75 Å². The molecular weight excluding hydrogens is 394 g/mol. The molecule has 1 aliphatic carbocycles. The molecule has 0 radical (unpaired) electrons. The maximum atomic E-state index is 12.6. The van der Waals surface area contributed by atoms with Crippen molar-refractivity contribution in [1.82, 2.24) is 4.90 Å². The van der Waals surface area contributed by atoms with Gasteiger partial charge in [0.1, 0.15) is 5.75 Å². The SMILES string of the molecule is C=CCC(C)CCC(=O)N(C)CCC1c2ccc(-c3ccc(OC)cc3)cc2C(C)[C@H]1C. The van der Waals surface area contributed by atoms with Crippen LogP contribution in [0.15, 0.2) is 55.1 Å². The summed E-state index contributed by atoms with van der Waals surface area (Å²) in [5.74, 6) is 3.26. The molecular formula is C29H39NO2. The van der Waals surface area contributed by atoms with E-state index in [0.717, 1.165) is 31.6 Å². The summed E-state index contributed by atoms with van der Waals surface area (Å²) in [6.45, 7) is 11.5. The lowest BCUT2D eigenvalue weighted by Gasteiger charge is -2.24. The highest BCUT2D eigenvalue weighted by atomic mass is 16.5. The van der Waals surface area contributed by atoms with E-state index >= 15 is 0 Å². The Hall–Kier alpha value is -2.55. The molecule has 0 bridgehead atoms. The topological polar surface area (TPSA) is 29.5 Å². The first-order chi connectivity index (χ1) is 15.3. The van der Waals surface area contributed by atoms with Gasteiger partial charge < -0.3 is 9.64 Å². The van der Waals surface area contributed by atoms with E-state index in [1.807, 2.05) is 30.2 Å². The van der Waals surface area contributed by atoms with Crippen LogP contribution in [0.1, 0.15) is 69.4 Å². The molecule has 172 valence electrons. The van der Waals surface area contributed by atoms with E-state index in [1.165, 1.54) is 22.3 Å². The number of fused-ring (bicyclic) bond motifs is 1. The smallest absolute Gasteiger partial charge is 0.222 e. The number of nitrogens with zero attached hydrogens (tertiary/aromatic N) is 1. The highest BCUT2D eigenvalue weighted by molar-refractivity contribution is 5.75. The van der Waals surface area contributed by atoms with Crippen LogP contribution in [0.4, 0.5) is 0 Å². The number of hydrogen-bond donors (Lipinski definition) is 0. The highest BCUT2D eigenvalue weighted by Gasteiger charge is 2.35. The molecule has 3 heteroatoms. The summed E-state index contributed by atoms with van der Waals surface area (Å²) in [6.07, 6.45) is 5.50. The molecule has 4 atom stereocenters. The lowest BCUT2D eigenvalue weighted by molar-refractivity contribution is -0.130. The van der Waals surface area contributed by atoms with Gasteiger partial charge in [-0.1, -0.05) is 57.2 Å². The van der Waals surface area contributed by atoms with E-state index in [9.17, 15) is 4.79 Å². The lowest BCUT2D eigenvalue weighted by Crippen LogP contribution is -2.29. The molecule has 1 amide bonds. The zero-order valence-electron chi connectivity index (χ0n) is 20.4. The Morgan fingerprint density at radius 1 is 1.12 bits per heavy atom. The van der Waals surface area contributed by atoms with Gasteiger partial charge in [-0.2, -0.15) is 0 Å². The Bertz CT molecular complexity index is 917. The molecule has 1 aliphatic rings. The maximum absolute atomic E-state index is 12.6. The Balaban J connectivity index is 1.65. The number of hydrogen-bond acceptors (Lipinski definition) is 2. The summed E-state index contributed by atoms with van der Waals surface area (Å²) in [7, 11) is 3.65. The van der Waals surface area contributed by atoms with Crippen LogP contribution in [0.3, 0.4) is 0 Å². The molecule has 0 saturated carbocycles. The molecule has 0 heterocycles. The third-order valence-corrected chi connectivity index (χ3v) is 7.44. The van der Waals surface area contributed by atoms with Crippen molar-refractivity contribution in [3.8, 4) is 16.9 Å². The van der Waals surface area contributed by atoms with Gasteiger partial charge in [-0.25, -0.2) is 0 Å². The fourth-order valence-electron chi connectivity index (χ4n) is 5.02. The van der Waals surface area contributed by atoms with E-state index in [2.05, 4.69) is 57.7 Å². The molecule has 0 saturated heterocycles. The third-order valence-electron chi connectivity index (χ3n) is 7.44. The number of carbonyl (C=O) groups excluding carboxylic acids is 1. The van der Waals surface area contributed by atoms with Crippen LogP contribution in [0, 0.1) is 11.8 Å². The molecule has 32 heavy (non-hydrogen) atoms. The first-order valence-electron chi connectivity index (χ1n) is 12.0. The number of allylic oxidation sites excluding steroid dienone is 1. The first-order valence-corrected chi connectivity index (χ1v) is 12.0. The monoisotopic (exact) mass is 433 g/mol. The van der Waals surface area contributed by atoms with Crippen molar-refractivity contribution in [2.24, 2.45) is 11.8 Å². The molecule has 3 unspecified atom stereocenters. The minimum atomic E-state index is 0.259. The number of amides is 1. The Kier molecular flexibility index (Phi) is 8.17. The van der Waals surface area contributed by atoms with E-state index in [1.54, 1.807) is 7.11 Å². The Labute approximate surface area is 194 Å². The lowest BCUT2D eigenvalue weighted by atomic mass is 9.87. The average molecular weight is 434 g/mol. The van der Waals surface area contributed by atoms with Gasteiger partial charge in [-0.15, -0.1) is 6.58 Å². The van der Waals surface area contributed by atoms with Gasteiger partial charge in [-0.3, -0.25) is 4.79 Å². The number of methoxy groups -OCH3 is 1. The summed E-state index contributed by atoms with van der Waals surface area (Å²) < 4.78 is 5.29. The van der Waals surface area contributed by atoms with Gasteiger partial charge in [0.25, 0.3) is 0 Å². The van der Waals surface area contributed by atoms with Crippen molar-refractivity contribution in [1.29, 1.82) is 0 Å². The van der Waals surface area contributed by atoms with Gasteiger partial charge in [0.15, 0.2) is 0 Å². The molecule has 0 spiro atoms. The second-order valence-electron chi connectivity index (χ2n) is 9.60. The number of benzene rings is 2. The normalized spacial score (nSPS) is 20.5. The van der Waals surface area contributed by atoms with Crippen LogP contribution < -0.4 is 4.74 Å². The van der Waals surface area contributed by atoms with Crippen molar-refractivity contribution in [3.05, 3.63) is 66.2 Å². The first kappa shape index (κ1) is 24.1. The minimum Gasteiger partial charge on any atom is -0.497 e. The summed E-state index contributed by atoms with van der Waals surface area (Å²) >= 11 is 0. The average Bonchev–Trinajstić information content (AvgIpc) is 3.05. The molecule has 0 aliphatic heterocycles. The standard InChI is InChI=1S/C29H39NO2/c1-7-8-20(2)9-16-29(31)30(5)18-17-26-21(3)22(4)28-19-24(12-15-27(26)28)23-10-13-25(32-6)14-11-23/h7,10-15,19-22,26H,1,8-9,16-18H2,2-6H3/t20?,21-,22?,26?/m1/s1. The minimum absolute atomic E-state index is 0.259. The van der Waals surface area contributed by atoms with Gasteiger partial charge in [0.05, 0.1) is 7.11 Å². The van der Waals surface area contributed by atoms with Crippen molar-refractivity contribution in [3.63, 3.8) is 0 Å². The molecule has 0 N–H and O–H groups in total. The predicted molar refractivity (Wildman–Crippen MR) is 134 cm³/mol. The zero-order chi connectivity index (χ0) is 23.3. The highest BCUT2D eigenvalue weighted by Crippen LogP contribution is 2.48. The maximum Gasteiger partial charge on any atom is 0.222 e. The van der Waals surface area contributed by atoms with Gasteiger partial charge >= 0.3 is 0 Å². The van der Waals surface area contributed by atoms with E-state index < -0.39 is 0 Å². The van der Waals surface area contributed by atoms with E-state index in [0.29, 0.717) is 30.1 Å². The predicted octanol–water partition coefficient (Wildman–Crippen LogP) is 7.04. The molecule has 3 rings (SSSR count). The van der Waals surface area contributed by atoms with Crippen LogP contribution >= 0.6 is 0 Å². The number of ether oxygens (including phenoxy) is 1. The van der Waals surface area contributed by atoms with Crippen LogP contribution in [0.25, 0.3) is 11.1 Å². The van der Waals surface area contributed by atoms with E-state index in [-0.39, 0.29) is 5.91 Å². The Morgan fingerprint density at radius 2 is 1.81 bits per heavy atom. The second-order valence-corrected chi connectivity index (χ2v) is 9.60.